The van der Waals surface area contributed by atoms with Crippen molar-refractivity contribution in [3.05, 3.63) is 28.7 Å². The van der Waals surface area contributed by atoms with E-state index in [0.29, 0.717) is 0 Å². The van der Waals surface area contributed by atoms with Crippen LogP contribution in [0.2, 0.25) is 0 Å². The van der Waals surface area contributed by atoms with Crippen LogP contribution in [0.4, 0.5) is 0 Å². The van der Waals surface area contributed by atoms with Crippen LogP contribution >= 0.6 is 34.6 Å². The molecule has 0 aliphatic carbocycles. The highest BCUT2D eigenvalue weighted by Gasteiger charge is 2.19. The summed E-state index contributed by atoms with van der Waals surface area (Å²) in [6.07, 6.45) is 1.58. The van der Waals surface area contributed by atoms with Crippen molar-refractivity contribution in [1.82, 2.24) is 9.36 Å². The molecule has 6 heteroatoms. The number of hydrogen-bond donors (Lipinski definition) is 1. The molecule has 2 rings (SSSR count). The van der Waals surface area contributed by atoms with Crippen LogP contribution in [0.5, 0.6) is 0 Å². The first-order chi connectivity index (χ1) is 7.27. The van der Waals surface area contributed by atoms with Gasteiger partial charge < -0.3 is 5.73 Å². The first-order valence-corrected chi connectivity index (χ1v) is 7.03. The van der Waals surface area contributed by atoms with E-state index < -0.39 is 0 Å². The van der Waals surface area contributed by atoms with E-state index in [1.807, 2.05) is 6.92 Å². The molecule has 0 aliphatic rings. The van der Waals surface area contributed by atoms with Crippen molar-refractivity contribution in [3.63, 3.8) is 0 Å². The van der Waals surface area contributed by atoms with E-state index in [0.717, 1.165) is 4.34 Å². The predicted octanol–water partition coefficient (Wildman–Crippen LogP) is 2.78. The van der Waals surface area contributed by atoms with Gasteiger partial charge in [0.1, 0.15) is 6.33 Å². The molecule has 3 nitrogen and oxygen atoms in total. The Morgan fingerprint density at radius 1 is 1.53 bits per heavy atom. The highest BCUT2D eigenvalue weighted by Crippen LogP contribution is 2.39. The zero-order valence-corrected chi connectivity index (χ0v) is 10.6. The molecule has 0 saturated heterocycles. The molecule has 80 valence electrons. The second kappa shape index (κ2) is 5.07. The molecule has 15 heavy (non-hydrogen) atoms. The van der Waals surface area contributed by atoms with Gasteiger partial charge in [-0.25, -0.2) is 4.98 Å². The molecule has 2 atom stereocenters. The smallest absolute Gasteiger partial charge is 0.170 e. The Morgan fingerprint density at radius 3 is 2.93 bits per heavy atom. The zero-order chi connectivity index (χ0) is 10.7. The van der Waals surface area contributed by atoms with Gasteiger partial charge in [0, 0.05) is 10.9 Å². The Hall–Kier alpha value is -0.430. The van der Waals surface area contributed by atoms with Crippen molar-refractivity contribution in [2.24, 2.45) is 5.73 Å². The van der Waals surface area contributed by atoms with Crippen molar-refractivity contribution in [3.8, 4) is 0 Å². The van der Waals surface area contributed by atoms with Crippen LogP contribution in [0.15, 0.2) is 28.2 Å². The normalized spacial score (nSPS) is 15.1. The molecule has 2 aromatic heterocycles. The molecule has 2 aromatic rings. The second-order valence-corrected chi connectivity index (χ2v) is 6.27. The van der Waals surface area contributed by atoms with Crippen molar-refractivity contribution < 1.29 is 0 Å². The number of hydrogen-bond acceptors (Lipinski definition) is 6. The van der Waals surface area contributed by atoms with Crippen molar-refractivity contribution in [2.45, 2.75) is 22.6 Å². The third kappa shape index (κ3) is 2.78. The number of rotatable bonds is 4. The Morgan fingerprint density at radius 2 is 2.40 bits per heavy atom. The number of thiophene rings is 1. The third-order valence-corrected chi connectivity index (χ3v) is 5.19. The molecule has 0 spiro atoms. The summed E-state index contributed by atoms with van der Waals surface area (Å²) in [6, 6.07) is 4.28. The maximum absolute atomic E-state index is 5.99. The van der Waals surface area contributed by atoms with E-state index in [2.05, 4.69) is 26.9 Å². The van der Waals surface area contributed by atoms with Crippen LogP contribution in [0.1, 0.15) is 17.1 Å². The standard InChI is InChI=1S/C9H11N3S3/c1-6(10)8(7-3-2-4-13-7)14-9-11-5-12-15-9/h2-6,8H,10H2,1H3. The number of nitrogens with zero attached hydrogens (tertiary/aromatic N) is 2. The molecule has 0 amide bonds. The molecule has 2 heterocycles. The molecular weight excluding hydrogens is 246 g/mol. The Bertz CT molecular complexity index is 383. The van der Waals surface area contributed by atoms with E-state index in [9.17, 15) is 0 Å². The van der Waals surface area contributed by atoms with Gasteiger partial charge in [0.15, 0.2) is 4.34 Å². The van der Waals surface area contributed by atoms with Crippen LogP contribution in [-0.2, 0) is 0 Å². The SMILES string of the molecule is CC(N)C(Sc1ncns1)c1cccs1. The van der Waals surface area contributed by atoms with Gasteiger partial charge in [0.05, 0.1) is 5.25 Å². The van der Waals surface area contributed by atoms with Gasteiger partial charge >= 0.3 is 0 Å². The summed E-state index contributed by atoms with van der Waals surface area (Å²) < 4.78 is 4.97. The monoisotopic (exact) mass is 257 g/mol. The number of aromatic nitrogens is 2. The third-order valence-electron chi connectivity index (χ3n) is 1.87. The Labute approximate surface area is 101 Å². The summed E-state index contributed by atoms with van der Waals surface area (Å²) in [6.45, 7) is 2.03. The van der Waals surface area contributed by atoms with Gasteiger partial charge in [0.25, 0.3) is 0 Å². The first kappa shape index (κ1) is 11.1. The molecular formula is C9H11N3S3. The summed E-state index contributed by atoms with van der Waals surface area (Å²) in [5, 5.41) is 2.35. The van der Waals surface area contributed by atoms with Gasteiger partial charge in [-0.3, -0.25) is 0 Å². The van der Waals surface area contributed by atoms with Crippen LogP contribution in [-0.4, -0.2) is 15.4 Å². The molecule has 0 aromatic carbocycles. The van der Waals surface area contributed by atoms with Crippen LogP contribution in [0, 0.1) is 0 Å². The fourth-order valence-corrected chi connectivity index (χ4v) is 3.96. The second-order valence-electron chi connectivity index (χ2n) is 3.12. The molecule has 2 unspecified atom stereocenters. The molecule has 0 saturated carbocycles. The summed E-state index contributed by atoms with van der Waals surface area (Å²) in [7, 11) is 0. The number of thioether (sulfide) groups is 1. The van der Waals surface area contributed by atoms with Crippen LogP contribution in [0.25, 0.3) is 0 Å². The first-order valence-electron chi connectivity index (χ1n) is 4.49. The summed E-state index contributed by atoms with van der Waals surface area (Å²) in [4.78, 5) is 5.46. The van der Waals surface area contributed by atoms with Crippen LogP contribution in [0.3, 0.4) is 0 Å². The largest absolute Gasteiger partial charge is 0.327 e. The molecule has 0 fully saturated rings. The molecule has 2 N–H and O–H groups in total. The van der Waals surface area contributed by atoms with E-state index >= 15 is 0 Å². The predicted molar refractivity (Wildman–Crippen MR) is 66.5 cm³/mol. The maximum atomic E-state index is 5.99. The van der Waals surface area contributed by atoms with E-state index in [1.54, 1.807) is 29.4 Å². The van der Waals surface area contributed by atoms with Crippen molar-refractivity contribution in [2.75, 3.05) is 0 Å². The fraction of sp³-hybridized carbons (Fsp3) is 0.333. The fourth-order valence-electron chi connectivity index (χ4n) is 1.20. The van der Waals surface area contributed by atoms with Gasteiger partial charge in [0.2, 0.25) is 0 Å². The minimum Gasteiger partial charge on any atom is -0.327 e. The van der Waals surface area contributed by atoms with Gasteiger partial charge in [-0.2, -0.15) is 4.37 Å². The lowest BCUT2D eigenvalue weighted by Gasteiger charge is -2.16. The lowest BCUT2D eigenvalue weighted by Crippen LogP contribution is -2.21. The highest BCUT2D eigenvalue weighted by molar-refractivity contribution is 8.01. The Balaban J connectivity index is 2.14. The minimum absolute atomic E-state index is 0.109. The number of nitrogens with two attached hydrogens (primary N) is 1. The lowest BCUT2D eigenvalue weighted by atomic mass is 10.2. The quantitative estimate of drug-likeness (QED) is 0.856. The topological polar surface area (TPSA) is 51.8 Å². The summed E-state index contributed by atoms with van der Waals surface area (Å²) in [5.41, 5.74) is 5.99. The maximum Gasteiger partial charge on any atom is 0.170 e. The van der Waals surface area contributed by atoms with E-state index in [1.165, 1.54) is 16.4 Å². The molecule has 0 radical (unpaired) electrons. The average molecular weight is 257 g/mol. The molecule has 0 aliphatic heterocycles. The summed E-state index contributed by atoms with van der Waals surface area (Å²) in [5.74, 6) is 0. The van der Waals surface area contributed by atoms with Gasteiger partial charge in [-0.15, -0.1) is 11.3 Å². The van der Waals surface area contributed by atoms with Crippen LogP contribution < -0.4 is 5.73 Å². The lowest BCUT2D eigenvalue weighted by molar-refractivity contribution is 0.729. The summed E-state index contributed by atoms with van der Waals surface area (Å²) >= 11 is 4.85. The highest BCUT2D eigenvalue weighted by atomic mass is 32.2. The Kier molecular flexibility index (Phi) is 3.74. The zero-order valence-electron chi connectivity index (χ0n) is 8.16. The van der Waals surface area contributed by atoms with E-state index in [4.69, 9.17) is 5.73 Å². The molecule has 0 bridgehead atoms. The van der Waals surface area contributed by atoms with E-state index in [-0.39, 0.29) is 11.3 Å². The van der Waals surface area contributed by atoms with Gasteiger partial charge in [-0.05, 0) is 29.9 Å². The average Bonchev–Trinajstić information content (AvgIpc) is 2.87. The minimum atomic E-state index is 0.109. The van der Waals surface area contributed by atoms with Crippen molar-refractivity contribution >= 4 is 34.6 Å². The van der Waals surface area contributed by atoms with Crippen molar-refractivity contribution in [1.29, 1.82) is 0 Å². The van der Waals surface area contributed by atoms with Gasteiger partial charge in [-0.1, -0.05) is 17.8 Å².